The molecule has 0 spiro atoms. The highest BCUT2D eigenvalue weighted by Gasteiger charge is 2.17. The van der Waals surface area contributed by atoms with E-state index in [0.29, 0.717) is 0 Å². The van der Waals surface area contributed by atoms with E-state index in [2.05, 4.69) is 40.0 Å². The molecule has 0 saturated heterocycles. The molecule has 98 valence electrons. The Labute approximate surface area is 111 Å². The molecule has 0 saturated carbocycles. The Morgan fingerprint density at radius 2 is 2.28 bits per heavy atom. The zero-order valence-corrected chi connectivity index (χ0v) is 11.9. The van der Waals surface area contributed by atoms with Gasteiger partial charge in [-0.1, -0.05) is 11.4 Å². The van der Waals surface area contributed by atoms with Gasteiger partial charge in [0.05, 0.1) is 16.8 Å². The van der Waals surface area contributed by atoms with Gasteiger partial charge in [-0.3, -0.25) is 4.68 Å². The van der Waals surface area contributed by atoms with E-state index < -0.39 is 0 Å². The fourth-order valence-electron chi connectivity index (χ4n) is 1.97. The van der Waals surface area contributed by atoms with E-state index in [-0.39, 0.29) is 6.04 Å². The van der Waals surface area contributed by atoms with Gasteiger partial charge < -0.3 is 5.32 Å². The van der Waals surface area contributed by atoms with E-state index in [1.165, 1.54) is 22.0 Å². The van der Waals surface area contributed by atoms with Gasteiger partial charge in [0.25, 0.3) is 0 Å². The van der Waals surface area contributed by atoms with Crippen LogP contribution in [0.1, 0.15) is 36.0 Å². The van der Waals surface area contributed by atoms with Gasteiger partial charge in [0, 0.05) is 18.8 Å². The third kappa shape index (κ3) is 2.76. The lowest BCUT2D eigenvalue weighted by Crippen LogP contribution is -2.18. The van der Waals surface area contributed by atoms with Gasteiger partial charge in [-0.15, -0.1) is 5.10 Å². The van der Waals surface area contributed by atoms with E-state index in [0.717, 1.165) is 25.1 Å². The van der Waals surface area contributed by atoms with Crippen LogP contribution in [0.3, 0.4) is 0 Å². The number of nitrogens with zero attached hydrogens (tertiary/aromatic N) is 4. The third-order valence-electron chi connectivity index (χ3n) is 3.04. The maximum Gasteiger partial charge on any atom is 0.0801 e. The molecule has 18 heavy (non-hydrogen) atoms. The summed E-state index contributed by atoms with van der Waals surface area (Å²) in [7, 11) is 1.98. The summed E-state index contributed by atoms with van der Waals surface area (Å²) in [4.78, 5) is 1.24. The van der Waals surface area contributed by atoms with Crippen molar-refractivity contribution in [1.82, 2.24) is 24.7 Å². The monoisotopic (exact) mass is 265 g/mol. The van der Waals surface area contributed by atoms with E-state index in [4.69, 9.17) is 0 Å². The van der Waals surface area contributed by atoms with Gasteiger partial charge in [0.15, 0.2) is 0 Å². The Morgan fingerprint density at radius 3 is 2.89 bits per heavy atom. The van der Waals surface area contributed by atoms with Crippen LogP contribution in [0.15, 0.2) is 12.4 Å². The molecule has 1 atom stereocenters. The number of hydrogen-bond acceptors (Lipinski definition) is 5. The molecule has 5 nitrogen and oxygen atoms in total. The first-order valence-corrected chi connectivity index (χ1v) is 7.05. The molecule has 0 radical (unpaired) electrons. The van der Waals surface area contributed by atoms with Crippen molar-refractivity contribution in [2.75, 3.05) is 7.05 Å². The van der Waals surface area contributed by atoms with E-state index in [9.17, 15) is 0 Å². The summed E-state index contributed by atoms with van der Waals surface area (Å²) in [6.45, 7) is 5.11. The van der Waals surface area contributed by atoms with Gasteiger partial charge in [-0.2, -0.15) is 5.10 Å². The minimum Gasteiger partial charge on any atom is -0.312 e. The Balaban J connectivity index is 2.14. The topological polar surface area (TPSA) is 55.6 Å². The highest BCUT2D eigenvalue weighted by molar-refractivity contribution is 7.05. The van der Waals surface area contributed by atoms with Crippen molar-refractivity contribution in [3.63, 3.8) is 0 Å². The van der Waals surface area contributed by atoms with Gasteiger partial charge in [-0.05, 0) is 43.9 Å². The molecule has 0 aliphatic rings. The summed E-state index contributed by atoms with van der Waals surface area (Å²) in [5.41, 5.74) is 2.34. The molecule has 0 aliphatic heterocycles. The maximum absolute atomic E-state index is 4.31. The minimum atomic E-state index is 0.273. The van der Waals surface area contributed by atoms with Gasteiger partial charge >= 0.3 is 0 Å². The van der Waals surface area contributed by atoms with Crippen LogP contribution >= 0.6 is 11.5 Å². The van der Waals surface area contributed by atoms with Crippen LogP contribution < -0.4 is 5.32 Å². The molecule has 6 heteroatoms. The second-order valence-corrected chi connectivity index (χ2v) is 4.97. The molecule has 2 aromatic heterocycles. The lowest BCUT2D eigenvalue weighted by molar-refractivity contribution is 0.594. The minimum absolute atomic E-state index is 0.273. The summed E-state index contributed by atoms with van der Waals surface area (Å²) in [5.74, 6) is 0. The standard InChI is InChI=1S/C12H19N5S/c1-4-10-12(18-16-15-10)11(13-3)6-9-7-14-17(5-2)8-9/h7-8,11,13H,4-6H2,1-3H3. The predicted molar refractivity (Wildman–Crippen MR) is 72.7 cm³/mol. The second-order valence-electron chi connectivity index (χ2n) is 4.19. The van der Waals surface area contributed by atoms with Crippen molar-refractivity contribution >= 4 is 11.5 Å². The van der Waals surface area contributed by atoms with Crippen molar-refractivity contribution in [3.8, 4) is 0 Å². The number of likely N-dealkylation sites (N-methyl/N-ethyl adjacent to an activating group) is 1. The smallest absolute Gasteiger partial charge is 0.0801 e. The highest BCUT2D eigenvalue weighted by atomic mass is 32.1. The van der Waals surface area contributed by atoms with Crippen molar-refractivity contribution < 1.29 is 0 Å². The quantitative estimate of drug-likeness (QED) is 0.865. The van der Waals surface area contributed by atoms with Gasteiger partial charge in [-0.25, -0.2) is 0 Å². The lowest BCUT2D eigenvalue weighted by atomic mass is 10.1. The van der Waals surface area contributed by atoms with Gasteiger partial charge in [0.1, 0.15) is 0 Å². The average Bonchev–Trinajstić information content (AvgIpc) is 3.04. The molecule has 0 aliphatic carbocycles. The SMILES string of the molecule is CCc1nnsc1C(Cc1cnn(CC)c1)NC. The molecule has 0 fully saturated rings. The number of aryl methyl sites for hydroxylation is 2. The first-order valence-electron chi connectivity index (χ1n) is 6.28. The number of rotatable bonds is 6. The zero-order chi connectivity index (χ0) is 13.0. The summed E-state index contributed by atoms with van der Waals surface area (Å²) in [6, 6.07) is 0.273. The Morgan fingerprint density at radius 1 is 1.44 bits per heavy atom. The average molecular weight is 265 g/mol. The number of hydrogen-bond donors (Lipinski definition) is 1. The third-order valence-corrected chi connectivity index (χ3v) is 3.92. The van der Waals surface area contributed by atoms with Gasteiger partial charge in [0.2, 0.25) is 0 Å². The summed E-state index contributed by atoms with van der Waals surface area (Å²) >= 11 is 1.49. The first-order chi connectivity index (χ1) is 8.78. The maximum atomic E-state index is 4.31. The van der Waals surface area contributed by atoms with Crippen LogP contribution in [0, 0.1) is 0 Å². The lowest BCUT2D eigenvalue weighted by Gasteiger charge is -2.13. The van der Waals surface area contributed by atoms with Crippen molar-refractivity contribution in [2.45, 2.75) is 39.3 Å². The zero-order valence-electron chi connectivity index (χ0n) is 11.1. The van der Waals surface area contributed by atoms with Crippen molar-refractivity contribution in [1.29, 1.82) is 0 Å². The van der Waals surface area contributed by atoms with Crippen LogP contribution in [0.25, 0.3) is 0 Å². The first kappa shape index (κ1) is 13.2. The second kappa shape index (κ2) is 6.06. The summed E-state index contributed by atoms with van der Waals surface area (Å²) < 4.78 is 6.01. The normalized spacial score (nSPS) is 12.8. The van der Waals surface area contributed by atoms with E-state index in [1.807, 2.05) is 17.9 Å². The van der Waals surface area contributed by atoms with E-state index in [1.54, 1.807) is 0 Å². The fourth-order valence-corrected chi connectivity index (χ4v) is 2.82. The molecule has 0 bridgehead atoms. The van der Waals surface area contributed by atoms with Crippen LogP contribution in [0.5, 0.6) is 0 Å². The summed E-state index contributed by atoms with van der Waals surface area (Å²) in [5, 5.41) is 11.8. The largest absolute Gasteiger partial charge is 0.312 e. The Hall–Kier alpha value is -1.27. The molecule has 0 amide bonds. The fraction of sp³-hybridized carbons (Fsp3) is 0.583. The highest BCUT2D eigenvalue weighted by Crippen LogP contribution is 2.24. The number of aromatic nitrogens is 4. The Kier molecular flexibility index (Phi) is 4.43. The van der Waals surface area contributed by atoms with Crippen LogP contribution in [0.2, 0.25) is 0 Å². The molecular formula is C12H19N5S. The van der Waals surface area contributed by atoms with Crippen LogP contribution in [-0.4, -0.2) is 26.4 Å². The molecular weight excluding hydrogens is 246 g/mol. The molecule has 2 heterocycles. The molecule has 0 aromatic carbocycles. The molecule has 2 rings (SSSR count). The van der Waals surface area contributed by atoms with Crippen molar-refractivity contribution in [3.05, 3.63) is 28.5 Å². The van der Waals surface area contributed by atoms with Crippen molar-refractivity contribution in [2.24, 2.45) is 0 Å². The molecule has 2 aromatic rings. The molecule has 1 unspecified atom stereocenters. The predicted octanol–water partition coefficient (Wildman–Crippen LogP) is 1.82. The Bertz CT molecular complexity index is 490. The molecule has 1 N–H and O–H groups in total. The van der Waals surface area contributed by atoms with Crippen LogP contribution in [-0.2, 0) is 19.4 Å². The summed E-state index contributed by atoms with van der Waals surface area (Å²) in [6.07, 6.45) is 5.89. The van der Waals surface area contributed by atoms with E-state index >= 15 is 0 Å². The van der Waals surface area contributed by atoms with Crippen LogP contribution in [0.4, 0.5) is 0 Å². The number of nitrogens with one attached hydrogen (secondary N) is 1.